The molecule has 0 aromatic carbocycles. The number of hydrogen-bond acceptors (Lipinski definition) is 6. The summed E-state index contributed by atoms with van der Waals surface area (Å²) in [4.78, 5) is 23.4. The Kier molecular flexibility index (Phi) is 4.19. The summed E-state index contributed by atoms with van der Waals surface area (Å²) in [6.45, 7) is 3.22. The van der Waals surface area contributed by atoms with E-state index in [-0.39, 0.29) is 11.8 Å². The molecule has 21 heavy (non-hydrogen) atoms. The molecule has 110 valence electrons. The fourth-order valence-corrected chi connectivity index (χ4v) is 3.13. The largest absolute Gasteiger partial charge is 0.341 e. The van der Waals surface area contributed by atoms with Crippen molar-refractivity contribution in [2.45, 2.75) is 24.2 Å². The van der Waals surface area contributed by atoms with Crippen LogP contribution in [0.1, 0.15) is 24.1 Å². The van der Waals surface area contributed by atoms with Crippen molar-refractivity contribution in [3.63, 3.8) is 0 Å². The summed E-state index contributed by atoms with van der Waals surface area (Å²) < 4.78 is 5.19. The van der Waals surface area contributed by atoms with Crippen LogP contribution in [0, 0.1) is 6.92 Å². The zero-order valence-corrected chi connectivity index (χ0v) is 12.5. The van der Waals surface area contributed by atoms with Crippen LogP contribution in [-0.4, -0.2) is 44.8 Å². The molecule has 0 bridgehead atoms. The van der Waals surface area contributed by atoms with Gasteiger partial charge in [0.2, 0.25) is 11.8 Å². The number of aromatic nitrogens is 3. The Morgan fingerprint density at radius 3 is 3.00 bits per heavy atom. The Balaban J connectivity index is 1.52. The Morgan fingerprint density at radius 1 is 1.48 bits per heavy atom. The molecule has 0 aliphatic carbocycles. The molecule has 6 nitrogen and oxygen atoms in total. The summed E-state index contributed by atoms with van der Waals surface area (Å²) in [5.41, 5.74) is 0. The van der Waals surface area contributed by atoms with E-state index in [1.165, 1.54) is 11.8 Å². The number of nitrogens with zero attached hydrogens (tertiary/aromatic N) is 4. The molecular weight excluding hydrogens is 288 g/mol. The van der Waals surface area contributed by atoms with Crippen molar-refractivity contribution in [1.82, 2.24) is 20.0 Å². The molecule has 1 aliphatic heterocycles. The first-order valence-corrected chi connectivity index (χ1v) is 7.82. The van der Waals surface area contributed by atoms with Crippen LogP contribution in [0.2, 0.25) is 0 Å². The number of aryl methyl sites for hydroxylation is 1. The summed E-state index contributed by atoms with van der Waals surface area (Å²) >= 11 is 1.53. The van der Waals surface area contributed by atoms with Crippen LogP contribution in [-0.2, 0) is 4.79 Å². The molecule has 3 rings (SSSR count). The Labute approximate surface area is 126 Å². The molecule has 2 aromatic rings. The second-order valence-corrected chi connectivity index (χ2v) is 6.03. The van der Waals surface area contributed by atoms with Crippen molar-refractivity contribution < 1.29 is 9.32 Å². The van der Waals surface area contributed by atoms with Gasteiger partial charge in [0.25, 0.3) is 0 Å². The van der Waals surface area contributed by atoms with E-state index in [0.717, 1.165) is 17.9 Å². The maximum absolute atomic E-state index is 12.2. The highest BCUT2D eigenvalue weighted by Gasteiger charge is 2.30. The van der Waals surface area contributed by atoms with Crippen LogP contribution in [0.5, 0.6) is 0 Å². The Bertz CT molecular complexity index is 616. The molecule has 3 heterocycles. The van der Waals surface area contributed by atoms with Crippen molar-refractivity contribution in [1.29, 1.82) is 0 Å². The van der Waals surface area contributed by atoms with Crippen molar-refractivity contribution >= 4 is 17.7 Å². The van der Waals surface area contributed by atoms with E-state index in [2.05, 4.69) is 15.1 Å². The predicted molar refractivity (Wildman–Crippen MR) is 77.9 cm³/mol. The van der Waals surface area contributed by atoms with Crippen molar-refractivity contribution in [3.05, 3.63) is 36.2 Å². The van der Waals surface area contributed by atoms with Crippen LogP contribution in [0.4, 0.5) is 0 Å². The molecule has 1 fully saturated rings. The number of thioether (sulfide) groups is 1. The van der Waals surface area contributed by atoms with E-state index in [4.69, 9.17) is 4.52 Å². The minimum Gasteiger partial charge on any atom is -0.341 e. The maximum Gasteiger partial charge on any atom is 0.232 e. The first-order valence-electron chi connectivity index (χ1n) is 6.83. The average molecular weight is 304 g/mol. The second kappa shape index (κ2) is 6.26. The molecule has 1 saturated heterocycles. The van der Waals surface area contributed by atoms with Crippen LogP contribution < -0.4 is 0 Å². The molecule has 0 N–H and O–H groups in total. The molecule has 0 spiro atoms. The fraction of sp³-hybridized carbons (Fsp3) is 0.429. The molecule has 0 unspecified atom stereocenters. The zero-order chi connectivity index (χ0) is 14.7. The Morgan fingerprint density at radius 2 is 2.29 bits per heavy atom. The third kappa shape index (κ3) is 3.41. The third-order valence-electron chi connectivity index (χ3n) is 3.45. The molecule has 1 atom stereocenters. The zero-order valence-electron chi connectivity index (χ0n) is 11.7. The van der Waals surface area contributed by atoms with E-state index in [1.807, 2.05) is 17.0 Å². The maximum atomic E-state index is 12.2. The standard InChI is InChI=1S/C14H16N4O2S/c1-10-16-14(20-17-10)11-4-7-18(8-11)13(19)9-21-12-2-5-15-6-3-12/h2-3,5-6,11H,4,7-9H2,1H3/t11-/m1/s1. The SMILES string of the molecule is Cc1noc([C@@H]2CCN(C(=O)CSc3ccncc3)C2)n1. The third-order valence-corrected chi connectivity index (χ3v) is 4.44. The van der Waals surface area contributed by atoms with Gasteiger partial charge in [-0.25, -0.2) is 0 Å². The molecule has 2 aromatic heterocycles. The minimum atomic E-state index is 0.149. The quantitative estimate of drug-likeness (QED) is 0.803. The summed E-state index contributed by atoms with van der Waals surface area (Å²) in [6, 6.07) is 3.82. The van der Waals surface area contributed by atoms with E-state index in [1.54, 1.807) is 19.3 Å². The molecule has 0 saturated carbocycles. The minimum absolute atomic E-state index is 0.149. The number of carbonyl (C=O) groups is 1. The lowest BCUT2D eigenvalue weighted by Crippen LogP contribution is -2.30. The van der Waals surface area contributed by atoms with Gasteiger partial charge in [-0.1, -0.05) is 5.16 Å². The van der Waals surface area contributed by atoms with Crippen LogP contribution in [0.15, 0.2) is 33.9 Å². The highest BCUT2D eigenvalue weighted by Crippen LogP contribution is 2.27. The van der Waals surface area contributed by atoms with E-state index in [0.29, 0.717) is 24.0 Å². The van der Waals surface area contributed by atoms with E-state index in [9.17, 15) is 4.79 Å². The number of amides is 1. The van der Waals surface area contributed by atoms with Gasteiger partial charge in [-0.3, -0.25) is 9.78 Å². The Hall–Kier alpha value is -1.89. The van der Waals surface area contributed by atoms with Crippen LogP contribution in [0.3, 0.4) is 0 Å². The smallest absolute Gasteiger partial charge is 0.232 e. The summed E-state index contributed by atoms with van der Waals surface area (Å²) in [5.74, 6) is 2.05. The van der Waals surface area contributed by atoms with Gasteiger partial charge in [0.15, 0.2) is 5.82 Å². The number of likely N-dealkylation sites (tertiary alicyclic amines) is 1. The van der Waals surface area contributed by atoms with Gasteiger partial charge in [-0.2, -0.15) is 4.98 Å². The number of pyridine rings is 1. The summed E-state index contributed by atoms with van der Waals surface area (Å²) in [6.07, 6.45) is 4.35. The number of rotatable bonds is 4. The fourth-order valence-electron chi connectivity index (χ4n) is 2.34. The van der Waals surface area contributed by atoms with Crippen molar-refractivity contribution in [2.75, 3.05) is 18.8 Å². The lowest BCUT2D eigenvalue weighted by molar-refractivity contribution is -0.127. The molecular formula is C14H16N4O2S. The van der Waals surface area contributed by atoms with Gasteiger partial charge in [0.1, 0.15) is 0 Å². The van der Waals surface area contributed by atoms with Gasteiger partial charge >= 0.3 is 0 Å². The molecule has 1 aliphatic rings. The highest BCUT2D eigenvalue weighted by molar-refractivity contribution is 8.00. The first-order chi connectivity index (χ1) is 10.2. The highest BCUT2D eigenvalue weighted by atomic mass is 32.2. The van der Waals surface area contributed by atoms with Gasteiger partial charge in [-0.15, -0.1) is 11.8 Å². The number of hydrogen-bond donors (Lipinski definition) is 0. The van der Waals surface area contributed by atoms with Crippen molar-refractivity contribution in [2.24, 2.45) is 0 Å². The van der Waals surface area contributed by atoms with Gasteiger partial charge in [0.05, 0.1) is 11.7 Å². The molecule has 0 radical (unpaired) electrons. The second-order valence-electron chi connectivity index (χ2n) is 4.98. The lowest BCUT2D eigenvalue weighted by atomic mass is 10.1. The van der Waals surface area contributed by atoms with Crippen molar-refractivity contribution in [3.8, 4) is 0 Å². The topological polar surface area (TPSA) is 72.1 Å². The summed E-state index contributed by atoms with van der Waals surface area (Å²) in [5, 5.41) is 3.81. The first kappa shape index (κ1) is 14.1. The predicted octanol–water partition coefficient (Wildman–Crippen LogP) is 1.88. The monoisotopic (exact) mass is 304 g/mol. The molecule has 7 heteroatoms. The van der Waals surface area contributed by atoms with Gasteiger partial charge in [0, 0.05) is 30.4 Å². The van der Waals surface area contributed by atoms with Crippen LogP contribution >= 0.6 is 11.8 Å². The summed E-state index contributed by atoms with van der Waals surface area (Å²) in [7, 11) is 0. The van der Waals surface area contributed by atoms with Crippen LogP contribution in [0.25, 0.3) is 0 Å². The van der Waals surface area contributed by atoms with E-state index >= 15 is 0 Å². The van der Waals surface area contributed by atoms with Gasteiger partial charge < -0.3 is 9.42 Å². The number of carbonyl (C=O) groups excluding carboxylic acids is 1. The van der Waals surface area contributed by atoms with E-state index < -0.39 is 0 Å². The normalized spacial score (nSPS) is 18.1. The van der Waals surface area contributed by atoms with Gasteiger partial charge in [-0.05, 0) is 25.5 Å². The average Bonchev–Trinajstić information content (AvgIpc) is 3.14. The molecule has 1 amide bonds. The lowest BCUT2D eigenvalue weighted by Gasteiger charge is -2.15.